The van der Waals surface area contributed by atoms with Gasteiger partial charge in [-0.05, 0) is 30.5 Å². The molecule has 3 aromatic rings. The van der Waals surface area contributed by atoms with Crippen LogP contribution in [0.4, 0.5) is 4.39 Å². The summed E-state index contributed by atoms with van der Waals surface area (Å²) in [5.41, 5.74) is 1.26. The average Bonchev–Trinajstić information content (AvgIpc) is 3.08. The summed E-state index contributed by atoms with van der Waals surface area (Å²) >= 11 is 0. The molecule has 1 aromatic carbocycles. The first-order chi connectivity index (χ1) is 12.5. The Bertz CT molecular complexity index is 1070. The Hall–Kier alpha value is -3.00. The maximum atomic E-state index is 13.0. The molecule has 0 fully saturated rings. The molecule has 0 radical (unpaired) electrons. The number of aryl methyl sites for hydroxylation is 2. The Kier molecular flexibility index (Phi) is 6.46. The average molecular weight is 394 g/mol. The summed E-state index contributed by atoms with van der Waals surface area (Å²) in [5.74, 6) is -1.70. The van der Waals surface area contributed by atoms with E-state index < -0.39 is 11.4 Å². The van der Waals surface area contributed by atoms with E-state index in [1.54, 1.807) is 12.1 Å². The molecule has 0 amide bonds. The zero-order valence-corrected chi connectivity index (χ0v) is 14.9. The maximum Gasteiger partial charge on any atom is 0.303 e. The maximum absolute atomic E-state index is 13.0. The van der Waals surface area contributed by atoms with Crippen LogP contribution in [-0.2, 0) is 17.6 Å². The van der Waals surface area contributed by atoms with Crippen LogP contribution in [0.15, 0.2) is 41.5 Å². The number of benzene rings is 1. The van der Waals surface area contributed by atoms with Crippen LogP contribution in [0, 0.1) is 5.82 Å². The van der Waals surface area contributed by atoms with E-state index in [1.807, 2.05) is 0 Å². The van der Waals surface area contributed by atoms with Gasteiger partial charge in [-0.25, -0.2) is 13.9 Å². The van der Waals surface area contributed by atoms with E-state index in [1.165, 1.54) is 29.0 Å². The van der Waals surface area contributed by atoms with Gasteiger partial charge in [0, 0.05) is 18.2 Å². The summed E-state index contributed by atoms with van der Waals surface area (Å²) in [6.07, 6.45) is 1.85. The van der Waals surface area contributed by atoms with Gasteiger partial charge in [-0.1, -0.05) is 12.1 Å². The molecule has 0 bridgehead atoms. The van der Waals surface area contributed by atoms with Crippen molar-refractivity contribution < 1.29 is 19.4 Å². The molecule has 9 heteroatoms. The van der Waals surface area contributed by atoms with Gasteiger partial charge in [0.2, 0.25) is 0 Å². The smallest absolute Gasteiger partial charge is 0.303 e. The Balaban J connectivity index is 0.00000261. The molecule has 0 aliphatic carbocycles. The van der Waals surface area contributed by atoms with Crippen molar-refractivity contribution in [1.29, 1.82) is 0 Å². The van der Waals surface area contributed by atoms with Crippen molar-refractivity contribution in [2.75, 3.05) is 0 Å². The first-order valence-corrected chi connectivity index (χ1v) is 7.99. The number of aromatic nitrogens is 3. The highest BCUT2D eigenvalue weighted by molar-refractivity contribution is 5.85. The third-order valence-corrected chi connectivity index (χ3v) is 4.03. The van der Waals surface area contributed by atoms with Gasteiger partial charge < -0.3 is 10.2 Å². The summed E-state index contributed by atoms with van der Waals surface area (Å²) in [6, 6.07) is 7.45. The minimum atomic E-state index is -1.07. The van der Waals surface area contributed by atoms with Crippen LogP contribution in [0.2, 0.25) is 0 Å². The van der Waals surface area contributed by atoms with Gasteiger partial charge in [0.05, 0.1) is 6.42 Å². The number of aliphatic hydroxyl groups excluding tert-OH is 1. The number of halogens is 2. The lowest BCUT2D eigenvalue weighted by Gasteiger charge is -2.06. The first kappa shape index (κ1) is 20.3. The number of aliphatic hydroxyl groups is 1. The predicted molar refractivity (Wildman–Crippen MR) is 98.4 cm³/mol. The highest BCUT2D eigenvalue weighted by Gasteiger charge is 2.12. The lowest BCUT2D eigenvalue weighted by Crippen LogP contribution is -2.31. The second-order valence-corrected chi connectivity index (χ2v) is 5.84. The van der Waals surface area contributed by atoms with Crippen molar-refractivity contribution in [2.24, 2.45) is 0 Å². The number of carbonyl (C=O) groups is 1. The summed E-state index contributed by atoms with van der Waals surface area (Å²) in [7, 11) is 0. The summed E-state index contributed by atoms with van der Waals surface area (Å²) in [6.45, 7) is 0. The third kappa shape index (κ3) is 4.59. The number of pyridine rings is 1. The van der Waals surface area contributed by atoms with Crippen LogP contribution in [0.3, 0.4) is 0 Å². The van der Waals surface area contributed by atoms with Crippen molar-refractivity contribution in [3.05, 3.63) is 69.2 Å². The number of aliphatic carboxylic acids is 1. The van der Waals surface area contributed by atoms with Crippen LogP contribution >= 0.6 is 12.4 Å². The standard InChI is InChI=1S/C18H16FN3O4.ClH/c19-12-4-1-11(2-5-12)3-6-13-9-15(24)17(14(23)7-8-16(25)26)18-20-10-21-22(13)18;/h1-2,4-5,9-10,23H,3,6-8H2,(H,25,26);1H. The molecule has 2 N–H and O–H groups in total. The molecule has 7 nitrogen and oxygen atoms in total. The van der Waals surface area contributed by atoms with E-state index in [0.717, 1.165) is 5.56 Å². The van der Waals surface area contributed by atoms with Crippen LogP contribution in [0.1, 0.15) is 24.1 Å². The number of hydrogen-bond donors (Lipinski definition) is 2. The summed E-state index contributed by atoms with van der Waals surface area (Å²) in [5, 5.41) is 22.9. The molecule has 2 heterocycles. The topological polar surface area (TPSA) is 105 Å². The van der Waals surface area contributed by atoms with Crippen molar-refractivity contribution >= 4 is 29.8 Å². The Labute approximate surface area is 159 Å². The highest BCUT2D eigenvalue weighted by atomic mass is 35.5. The Morgan fingerprint density at radius 1 is 1.11 bits per heavy atom. The largest absolute Gasteiger partial charge is 0.511 e. The monoisotopic (exact) mass is 393 g/mol. The number of carboxylic acids is 1. The van der Waals surface area contributed by atoms with E-state index in [-0.39, 0.29) is 47.7 Å². The molecule has 0 aliphatic heterocycles. The molecule has 0 saturated heterocycles. The van der Waals surface area contributed by atoms with Crippen LogP contribution in [0.25, 0.3) is 11.4 Å². The molecule has 0 aliphatic rings. The van der Waals surface area contributed by atoms with Crippen molar-refractivity contribution in [1.82, 2.24) is 14.6 Å². The normalized spacial score (nSPS) is 11.9. The van der Waals surface area contributed by atoms with Crippen LogP contribution < -0.4 is 10.6 Å². The van der Waals surface area contributed by atoms with Gasteiger partial charge in [-0.2, -0.15) is 5.10 Å². The zero-order valence-electron chi connectivity index (χ0n) is 14.1. The SMILES string of the molecule is Cl.O=C(O)CCC(O)=c1c(=O)cc(CCc2ccc(F)cc2)n2ncnc12. The molecule has 0 saturated carbocycles. The fraction of sp³-hybridized carbons (Fsp3) is 0.222. The van der Waals surface area contributed by atoms with Gasteiger partial charge in [0.25, 0.3) is 0 Å². The summed E-state index contributed by atoms with van der Waals surface area (Å²) < 4.78 is 14.4. The van der Waals surface area contributed by atoms with Gasteiger partial charge in [0.1, 0.15) is 23.1 Å². The lowest BCUT2D eigenvalue weighted by molar-refractivity contribution is -0.136. The minimum Gasteiger partial charge on any atom is -0.511 e. The molecule has 142 valence electrons. The Morgan fingerprint density at radius 2 is 1.81 bits per heavy atom. The predicted octanol–water partition coefficient (Wildman–Crippen LogP) is 1.69. The van der Waals surface area contributed by atoms with E-state index in [0.29, 0.717) is 18.5 Å². The molecule has 2 aromatic heterocycles. The van der Waals surface area contributed by atoms with Gasteiger partial charge >= 0.3 is 5.97 Å². The molecule has 3 rings (SSSR count). The second kappa shape index (κ2) is 8.59. The van der Waals surface area contributed by atoms with E-state index in [9.17, 15) is 19.1 Å². The van der Waals surface area contributed by atoms with Crippen molar-refractivity contribution in [3.63, 3.8) is 0 Å². The fourth-order valence-electron chi connectivity index (χ4n) is 2.74. The number of nitrogens with zero attached hydrogens (tertiary/aromatic N) is 3. The van der Waals surface area contributed by atoms with Gasteiger partial charge in [-0.15, -0.1) is 12.4 Å². The van der Waals surface area contributed by atoms with Crippen LogP contribution in [-0.4, -0.2) is 30.8 Å². The van der Waals surface area contributed by atoms with Gasteiger partial charge in [-0.3, -0.25) is 9.59 Å². The highest BCUT2D eigenvalue weighted by Crippen LogP contribution is 2.08. The molecular weight excluding hydrogens is 377 g/mol. The Morgan fingerprint density at radius 3 is 2.48 bits per heavy atom. The molecule has 0 atom stereocenters. The van der Waals surface area contributed by atoms with Crippen molar-refractivity contribution in [3.8, 4) is 0 Å². The molecule has 27 heavy (non-hydrogen) atoms. The second-order valence-electron chi connectivity index (χ2n) is 5.84. The number of hydrogen-bond acceptors (Lipinski definition) is 5. The minimum absolute atomic E-state index is 0. The number of rotatable bonds is 6. The van der Waals surface area contributed by atoms with Gasteiger partial charge in [0.15, 0.2) is 11.1 Å². The summed E-state index contributed by atoms with van der Waals surface area (Å²) in [4.78, 5) is 27.1. The quantitative estimate of drug-likeness (QED) is 0.660. The number of carboxylic acid groups (broad SMARTS) is 1. The zero-order chi connectivity index (χ0) is 18.7. The first-order valence-electron chi connectivity index (χ1n) is 7.99. The molecule has 0 unspecified atom stereocenters. The van der Waals surface area contributed by atoms with Crippen LogP contribution in [0.5, 0.6) is 0 Å². The lowest BCUT2D eigenvalue weighted by atomic mass is 10.1. The molecule has 0 spiro atoms. The third-order valence-electron chi connectivity index (χ3n) is 4.03. The number of fused-ring (bicyclic) bond motifs is 1. The fourth-order valence-corrected chi connectivity index (χ4v) is 2.74. The van der Waals surface area contributed by atoms with E-state index in [4.69, 9.17) is 5.11 Å². The van der Waals surface area contributed by atoms with E-state index >= 15 is 0 Å². The molecular formula is C18H17ClFN3O4. The van der Waals surface area contributed by atoms with E-state index in [2.05, 4.69) is 10.1 Å². The van der Waals surface area contributed by atoms with Crippen molar-refractivity contribution in [2.45, 2.75) is 25.7 Å².